The molecule has 0 amide bonds. The van der Waals surface area contributed by atoms with Gasteiger partial charge in [-0.3, -0.25) is 0 Å². The summed E-state index contributed by atoms with van der Waals surface area (Å²) in [5.41, 5.74) is 0. The van der Waals surface area contributed by atoms with Crippen molar-refractivity contribution in [1.29, 1.82) is 0 Å². The van der Waals surface area contributed by atoms with Crippen LogP contribution in [-0.2, 0) is 4.74 Å². The van der Waals surface area contributed by atoms with Gasteiger partial charge in [-0.2, -0.15) is 0 Å². The van der Waals surface area contributed by atoms with Crippen molar-refractivity contribution in [3.05, 3.63) is 0 Å². The summed E-state index contributed by atoms with van der Waals surface area (Å²) in [5.74, 6) is 7.01. The van der Waals surface area contributed by atoms with Crippen LogP contribution in [0.5, 0.6) is 0 Å². The Balaban J connectivity index is 0. The van der Waals surface area contributed by atoms with Crippen molar-refractivity contribution in [1.82, 2.24) is 0 Å². The number of thioether (sulfide) groups is 1. The first-order valence-corrected chi connectivity index (χ1v) is 16.3. The molecule has 0 spiro atoms. The Labute approximate surface area is 232 Å². The van der Waals surface area contributed by atoms with Gasteiger partial charge in [0.1, 0.15) is 4.38 Å². The van der Waals surface area contributed by atoms with Gasteiger partial charge in [-0.05, 0) is 61.5 Å². The monoisotopic (exact) mass is 474 g/mol. The van der Waals surface area contributed by atoms with Crippen LogP contribution in [0.2, 0.25) is 0 Å². The molecule has 0 radical (unpaired) electrons. The second kappa shape index (κ2) is 20.8. The fraction of sp³-hybridized carbons (Fsp3) is 0.960. The molecule has 0 aliphatic rings. The summed E-state index contributed by atoms with van der Waals surface area (Å²) < 4.78 is 8.37. The van der Waals surface area contributed by atoms with Gasteiger partial charge in [0, 0.05) is 5.75 Å². The van der Waals surface area contributed by atoms with Gasteiger partial charge in [-0.25, -0.2) is 8.75 Å². The zero-order chi connectivity index (χ0) is 21.2. The minimum absolute atomic E-state index is 0. The first kappa shape index (κ1) is 33.3. The van der Waals surface area contributed by atoms with Gasteiger partial charge in [0.05, 0.1) is 6.61 Å². The van der Waals surface area contributed by atoms with E-state index in [1.807, 2.05) is 0 Å². The molecule has 174 valence electrons. The summed E-state index contributed by atoms with van der Waals surface area (Å²) in [6.07, 6.45) is 15.8. The molecule has 0 rings (SSSR count). The van der Waals surface area contributed by atoms with Crippen LogP contribution in [0.3, 0.4) is 0 Å². The quantitative estimate of drug-likeness (QED) is 0.112. The van der Waals surface area contributed by atoms with Crippen LogP contribution in [0.1, 0.15) is 119 Å². The van der Waals surface area contributed by atoms with E-state index >= 15 is 0 Å². The predicted octanol–water partition coefficient (Wildman–Crippen LogP) is 8.32. The van der Waals surface area contributed by atoms with Crippen molar-refractivity contribution in [3.8, 4) is 0 Å². The maximum atomic E-state index is 6.81. The molecule has 0 atom stereocenters. The summed E-state index contributed by atoms with van der Waals surface area (Å²) in [7, 11) is -1.68. The first-order valence-electron chi connectivity index (χ1n) is 12.6. The van der Waals surface area contributed by atoms with E-state index in [-0.39, 0.29) is 51.4 Å². The Morgan fingerprint density at radius 3 is 1.31 bits per heavy atom. The van der Waals surface area contributed by atoms with Gasteiger partial charge < -0.3 is 4.74 Å². The predicted molar refractivity (Wildman–Crippen MR) is 147 cm³/mol. The summed E-state index contributed by atoms with van der Waals surface area (Å²) in [6.45, 7) is 15.1. The molecule has 0 unspecified atom stereocenters. The van der Waals surface area contributed by atoms with E-state index in [0.29, 0.717) is 0 Å². The van der Waals surface area contributed by atoms with Crippen LogP contribution in [0.15, 0.2) is 0 Å². The average Bonchev–Trinajstić information content (AvgIpc) is 2.72. The van der Waals surface area contributed by atoms with Crippen molar-refractivity contribution in [2.75, 3.05) is 35.4 Å². The molecule has 0 aromatic rings. The van der Waals surface area contributed by atoms with Crippen molar-refractivity contribution < 1.29 is 4.74 Å². The van der Waals surface area contributed by atoms with Crippen LogP contribution in [-0.4, -0.2) is 91.1 Å². The van der Waals surface area contributed by atoms with E-state index in [9.17, 15) is 0 Å². The molecule has 0 saturated heterocycles. The molecule has 4 heteroatoms. The fourth-order valence-electron chi connectivity index (χ4n) is 4.01. The SMILES string of the molecule is CCCCOC(SCCCC)=S(CCCC)(CCCC)(CCCC)CCCC.[KH]. The van der Waals surface area contributed by atoms with Gasteiger partial charge >= 0.3 is 51.4 Å². The molecule has 0 aliphatic heterocycles. The number of rotatable bonds is 18. The van der Waals surface area contributed by atoms with E-state index in [1.165, 1.54) is 106 Å². The van der Waals surface area contributed by atoms with Gasteiger partial charge in [0.15, 0.2) is 0 Å². The van der Waals surface area contributed by atoms with Gasteiger partial charge in [-0.1, -0.05) is 91.8 Å². The van der Waals surface area contributed by atoms with Crippen molar-refractivity contribution in [3.63, 3.8) is 0 Å². The standard InChI is InChI=1S/C25H54OS2.K.H/c1-7-13-19-26-25(27-20-14-8-2)28(21-15-9-3,22-16-10-4,23-17-11-5)24-18-12-6;;/h7-24H2,1-6H3;;. The summed E-state index contributed by atoms with van der Waals surface area (Å²) in [4.78, 5) is 0. The number of hydrogen-bond donors (Lipinski definition) is 0. The summed E-state index contributed by atoms with van der Waals surface area (Å²) >= 11 is 2.15. The van der Waals surface area contributed by atoms with E-state index in [0.717, 1.165) is 6.61 Å². The molecule has 0 saturated carbocycles. The Morgan fingerprint density at radius 1 is 0.586 bits per heavy atom. The van der Waals surface area contributed by atoms with E-state index in [1.54, 1.807) is 4.38 Å². The Kier molecular flexibility index (Phi) is 23.9. The molecule has 0 aromatic carbocycles. The molecule has 0 bridgehead atoms. The summed E-state index contributed by atoms with van der Waals surface area (Å²) in [5, 5.41) is 0. The Hall–Kier alpha value is 2.17. The Bertz CT molecular complexity index is 369. The number of ether oxygens (including phenoxy) is 1. The molecule has 29 heavy (non-hydrogen) atoms. The molecule has 0 heterocycles. The third-order valence-corrected chi connectivity index (χ3v) is 15.1. The molecular formula is C25H55KOS2. The van der Waals surface area contributed by atoms with E-state index in [2.05, 4.69) is 53.3 Å². The van der Waals surface area contributed by atoms with Crippen molar-refractivity contribution in [2.24, 2.45) is 0 Å². The van der Waals surface area contributed by atoms with Crippen LogP contribution in [0, 0.1) is 0 Å². The zero-order valence-electron chi connectivity index (χ0n) is 20.5. The van der Waals surface area contributed by atoms with Crippen molar-refractivity contribution in [2.45, 2.75) is 119 Å². The normalized spacial score (nSPS) is 13.0. The number of hydrogen-bond acceptors (Lipinski definition) is 2. The Morgan fingerprint density at radius 2 is 0.966 bits per heavy atom. The van der Waals surface area contributed by atoms with Crippen LogP contribution in [0.25, 0.3) is 0 Å². The fourth-order valence-corrected chi connectivity index (χ4v) is 13.9. The third kappa shape index (κ3) is 12.3. The van der Waals surface area contributed by atoms with Crippen LogP contribution < -0.4 is 0 Å². The van der Waals surface area contributed by atoms with Gasteiger partial charge in [0.2, 0.25) is 0 Å². The molecule has 0 N–H and O–H groups in total. The summed E-state index contributed by atoms with van der Waals surface area (Å²) in [6, 6.07) is 0. The van der Waals surface area contributed by atoms with E-state index in [4.69, 9.17) is 4.74 Å². The van der Waals surface area contributed by atoms with Crippen LogP contribution >= 0.6 is 20.5 Å². The topological polar surface area (TPSA) is 9.23 Å². The van der Waals surface area contributed by atoms with Crippen molar-refractivity contribution >= 4 is 76.3 Å². The first-order chi connectivity index (χ1) is 13.6. The molecular weight excluding hydrogens is 420 g/mol. The zero-order valence-corrected chi connectivity index (χ0v) is 22.1. The molecule has 0 fully saturated rings. The van der Waals surface area contributed by atoms with Gasteiger partial charge in [0.25, 0.3) is 0 Å². The maximum absolute atomic E-state index is 6.81. The molecule has 0 aliphatic carbocycles. The average molecular weight is 475 g/mol. The minimum atomic E-state index is -1.68. The van der Waals surface area contributed by atoms with E-state index < -0.39 is 8.75 Å². The molecule has 0 aromatic heterocycles. The second-order valence-electron chi connectivity index (χ2n) is 8.69. The van der Waals surface area contributed by atoms with Gasteiger partial charge in [-0.15, -0.1) is 0 Å². The number of unbranched alkanes of at least 4 members (excludes halogenated alkanes) is 6. The second-order valence-corrected chi connectivity index (χ2v) is 15.6. The molecule has 1 nitrogen and oxygen atoms in total. The third-order valence-electron chi connectivity index (χ3n) is 6.04. The van der Waals surface area contributed by atoms with Crippen LogP contribution in [0.4, 0.5) is 0 Å².